The van der Waals surface area contributed by atoms with Crippen LogP contribution in [0.2, 0.25) is 0 Å². The fourth-order valence-corrected chi connectivity index (χ4v) is 1.76. The Labute approximate surface area is 99.5 Å². The number of rotatable bonds is 5. The summed E-state index contributed by atoms with van der Waals surface area (Å²) in [6.45, 7) is 1.86. The Morgan fingerprint density at radius 1 is 1.35 bits per heavy atom. The molecule has 0 aliphatic heterocycles. The van der Waals surface area contributed by atoms with E-state index in [-0.39, 0.29) is 17.9 Å². The highest BCUT2D eigenvalue weighted by atomic mass is 16.4. The van der Waals surface area contributed by atoms with Crippen LogP contribution in [0.1, 0.15) is 25.3 Å². The molecule has 0 aliphatic rings. The fraction of sp³-hybridized carbons (Fsp3) is 0.417. The first-order valence-electron chi connectivity index (χ1n) is 5.42. The Kier molecular flexibility index (Phi) is 3.96. The molecular formula is C12H17NO4. The van der Waals surface area contributed by atoms with Crippen LogP contribution < -0.4 is 5.73 Å². The Bertz CT molecular complexity index is 419. The smallest absolute Gasteiger partial charge is 0.324 e. The second-order valence-electron chi connectivity index (χ2n) is 4.21. The van der Waals surface area contributed by atoms with Crippen molar-refractivity contribution in [3.8, 4) is 11.5 Å². The van der Waals surface area contributed by atoms with E-state index >= 15 is 0 Å². The molecule has 0 spiro atoms. The van der Waals surface area contributed by atoms with Crippen molar-refractivity contribution in [2.75, 3.05) is 0 Å². The Morgan fingerprint density at radius 3 is 2.47 bits per heavy atom. The predicted molar refractivity (Wildman–Crippen MR) is 62.9 cm³/mol. The molecule has 0 bridgehead atoms. The first kappa shape index (κ1) is 13.3. The van der Waals surface area contributed by atoms with Gasteiger partial charge in [-0.2, -0.15) is 0 Å². The molecule has 0 amide bonds. The number of aliphatic carboxylic acids is 1. The number of carboxylic acid groups (broad SMARTS) is 1. The van der Waals surface area contributed by atoms with Crippen molar-refractivity contribution in [3.63, 3.8) is 0 Å². The predicted octanol–water partition coefficient (Wildman–Crippen LogP) is 1.22. The van der Waals surface area contributed by atoms with Crippen LogP contribution in [0, 0.1) is 0 Å². The lowest BCUT2D eigenvalue weighted by Crippen LogP contribution is -2.49. The monoisotopic (exact) mass is 239 g/mol. The third kappa shape index (κ3) is 3.10. The second-order valence-corrected chi connectivity index (χ2v) is 4.21. The zero-order valence-electron chi connectivity index (χ0n) is 9.68. The number of hydrogen-bond acceptors (Lipinski definition) is 4. The van der Waals surface area contributed by atoms with E-state index in [9.17, 15) is 9.90 Å². The van der Waals surface area contributed by atoms with Gasteiger partial charge in [-0.3, -0.25) is 4.79 Å². The Morgan fingerprint density at radius 2 is 2.00 bits per heavy atom. The molecule has 1 atom stereocenters. The van der Waals surface area contributed by atoms with Gasteiger partial charge in [0, 0.05) is 6.42 Å². The molecule has 0 unspecified atom stereocenters. The van der Waals surface area contributed by atoms with E-state index < -0.39 is 11.5 Å². The van der Waals surface area contributed by atoms with E-state index in [1.54, 1.807) is 6.07 Å². The van der Waals surface area contributed by atoms with Gasteiger partial charge < -0.3 is 21.1 Å². The normalized spacial score (nSPS) is 14.2. The summed E-state index contributed by atoms with van der Waals surface area (Å²) in [5.74, 6) is -1.57. The van der Waals surface area contributed by atoms with Gasteiger partial charge >= 0.3 is 5.97 Å². The van der Waals surface area contributed by atoms with Crippen molar-refractivity contribution >= 4 is 5.97 Å². The Balaban J connectivity index is 2.94. The molecular weight excluding hydrogens is 222 g/mol. The minimum Gasteiger partial charge on any atom is -0.504 e. The van der Waals surface area contributed by atoms with E-state index in [1.165, 1.54) is 12.1 Å². The van der Waals surface area contributed by atoms with Crippen LogP contribution in [0.25, 0.3) is 0 Å². The van der Waals surface area contributed by atoms with Gasteiger partial charge in [0.25, 0.3) is 0 Å². The van der Waals surface area contributed by atoms with Gasteiger partial charge in [0.1, 0.15) is 5.54 Å². The van der Waals surface area contributed by atoms with Gasteiger partial charge in [0.2, 0.25) is 0 Å². The van der Waals surface area contributed by atoms with E-state index in [1.807, 2.05) is 6.92 Å². The van der Waals surface area contributed by atoms with Crippen molar-refractivity contribution in [2.45, 2.75) is 31.7 Å². The van der Waals surface area contributed by atoms with Crippen LogP contribution in [0.4, 0.5) is 0 Å². The fourth-order valence-electron chi connectivity index (χ4n) is 1.76. The summed E-state index contributed by atoms with van der Waals surface area (Å²) >= 11 is 0. The zero-order chi connectivity index (χ0) is 13.1. The molecule has 0 heterocycles. The van der Waals surface area contributed by atoms with Gasteiger partial charge in [-0.1, -0.05) is 19.4 Å². The summed E-state index contributed by atoms with van der Waals surface area (Å²) in [6.07, 6.45) is 1.13. The van der Waals surface area contributed by atoms with E-state index in [0.717, 1.165) is 0 Å². The number of phenols is 2. The molecule has 94 valence electrons. The molecule has 0 saturated heterocycles. The van der Waals surface area contributed by atoms with Gasteiger partial charge in [-0.25, -0.2) is 0 Å². The van der Waals surface area contributed by atoms with Crippen molar-refractivity contribution in [2.24, 2.45) is 5.73 Å². The molecule has 0 aromatic heterocycles. The molecule has 17 heavy (non-hydrogen) atoms. The topological polar surface area (TPSA) is 104 Å². The number of nitrogens with two attached hydrogens (primary N) is 1. The van der Waals surface area contributed by atoms with Crippen LogP contribution in [-0.4, -0.2) is 26.8 Å². The van der Waals surface area contributed by atoms with Crippen LogP contribution >= 0.6 is 0 Å². The summed E-state index contributed by atoms with van der Waals surface area (Å²) in [5.41, 5.74) is 5.07. The molecule has 1 aromatic rings. The maximum absolute atomic E-state index is 11.1. The minimum absolute atomic E-state index is 0.115. The zero-order valence-corrected chi connectivity index (χ0v) is 9.68. The Hall–Kier alpha value is -1.75. The maximum Gasteiger partial charge on any atom is 0.324 e. The number of benzene rings is 1. The summed E-state index contributed by atoms with van der Waals surface area (Å²) in [6, 6.07) is 4.20. The molecule has 0 fully saturated rings. The van der Waals surface area contributed by atoms with Gasteiger partial charge in [0.05, 0.1) is 0 Å². The molecule has 0 radical (unpaired) electrons. The number of aromatic hydroxyl groups is 2. The maximum atomic E-state index is 11.1. The highest BCUT2D eigenvalue weighted by Crippen LogP contribution is 2.27. The van der Waals surface area contributed by atoms with Crippen molar-refractivity contribution in [1.29, 1.82) is 0 Å². The van der Waals surface area contributed by atoms with Crippen molar-refractivity contribution < 1.29 is 20.1 Å². The molecule has 0 aliphatic carbocycles. The number of hydrogen-bond donors (Lipinski definition) is 4. The van der Waals surface area contributed by atoms with Crippen molar-refractivity contribution in [1.82, 2.24) is 0 Å². The van der Waals surface area contributed by atoms with Crippen LogP contribution in [0.3, 0.4) is 0 Å². The molecule has 5 N–H and O–H groups in total. The third-order valence-electron chi connectivity index (χ3n) is 2.68. The molecule has 1 aromatic carbocycles. The summed E-state index contributed by atoms with van der Waals surface area (Å²) in [7, 11) is 0. The average molecular weight is 239 g/mol. The highest BCUT2D eigenvalue weighted by Gasteiger charge is 2.33. The van der Waals surface area contributed by atoms with E-state index in [4.69, 9.17) is 15.9 Å². The summed E-state index contributed by atoms with van der Waals surface area (Å²) < 4.78 is 0. The first-order valence-corrected chi connectivity index (χ1v) is 5.42. The summed E-state index contributed by atoms with van der Waals surface area (Å²) in [4.78, 5) is 11.1. The standard InChI is InChI=1S/C12H17NO4/c1-2-5-12(13,11(16)17)7-8-3-4-9(14)10(15)6-8/h3-4,6,14-15H,2,5,7,13H2,1H3,(H,16,17)/t12-/m0/s1. The van der Waals surface area contributed by atoms with Crippen LogP contribution in [-0.2, 0) is 11.2 Å². The third-order valence-corrected chi connectivity index (χ3v) is 2.68. The average Bonchev–Trinajstić information content (AvgIpc) is 2.23. The highest BCUT2D eigenvalue weighted by molar-refractivity contribution is 5.79. The second kappa shape index (κ2) is 5.05. The quantitative estimate of drug-likeness (QED) is 0.578. The lowest BCUT2D eigenvalue weighted by Gasteiger charge is -2.24. The molecule has 1 rings (SSSR count). The van der Waals surface area contributed by atoms with Gasteiger partial charge in [-0.05, 0) is 24.1 Å². The number of carbonyl (C=O) groups is 1. The van der Waals surface area contributed by atoms with Crippen molar-refractivity contribution in [3.05, 3.63) is 23.8 Å². The van der Waals surface area contributed by atoms with E-state index in [0.29, 0.717) is 18.4 Å². The largest absolute Gasteiger partial charge is 0.504 e. The summed E-state index contributed by atoms with van der Waals surface area (Å²) in [5, 5.41) is 27.6. The first-order chi connectivity index (χ1) is 7.89. The molecule has 5 heteroatoms. The SMILES string of the molecule is CCC[C@](N)(Cc1ccc(O)c(O)c1)C(=O)O. The van der Waals surface area contributed by atoms with Gasteiger partial charge in [-0.15, -0.1) is 0 Å². The lowest BCUT2D eigenvalue weighted by atomic mass is 9.87. The number of phenolic OH excluding ortho intramolecular Hbond substituents is 2. The minimum atomic E-state index is -1.34. The number of carboxylic acids is 1. The van der Waals surface area contributed by atoms with Crippen LogP contribution in [0.15, 0.2) is 18.2 Å². The molecule has 0 saturated carbocycles. The molecule has 5 nitrogen and oxygen atoms in total. The van der Waals surface area contributed by atoms with E-state index in [2.05, 4.69) is 0 Å². The van der Waals surface area contributed by atoms with Crippen LogP contribution in [0.5, 0.6) is 11.5 Å². The lowest BCUT2D eigenvalue weighted by molar-refractivity contribution is -0.143. The van der Waals surface area contributed by atoms with Gasteiger partial charge in [0.15, 0.2) is 11.5 Å².